The smallest absolute Gasteiger partial charge is 0.215 e. The summed E-state index contributed by atoms with van der Waals surface area (Å²) in [6.07, 6.45) is 7.73. The summed E-state index contributed by atoms with van der Waals surface area (Å²) in [4.78, 5) is 0. The summed E-state index contributed by atoms with van der Waals surface area (Å²) in [6, 6.07) is 10.7. The van der Waals surface area contributed by atoms with Crippen LogP contribution in [0.2, 0.25) is 13.1 Å². The van der Waals surface area contributed by atoms with E-state index in [0.29, 0.717) is 12.0 Å². The molecule has 1 saturated carbocycles. The highest BCUT2D eigenvalue weighted by Gasteiger charge is 2.48. The van der Waals surface area contributed by atoms with Crippen molar-refractivity contribution in [3.05, 3.63) is 53.7 Å². The molecule has 1 aliphatic carbocycles. The van der Waals surface area contributed by atoms with Gasteiger partial charge in [0, 0.05) is 5.92 Å². The van der Waals surface area contributed by atoms with Gasteiger partial charge in [-0.25, -0.2) is 0 Å². The van der Waals surface area contributed by atoms with Crippen molar-refractivity contribution in [1.29, 1.82) is 0 Å². The van der Waals surface area contributed by atoms with Crippen molar-refractivity contribution in [2.45, 2.75) is 44.9 Å². The largest absolute Gasteiger partial charge is 0.410 e. The first-order chi connectivity index (χ1) is 9.63. The first kappa shape index (κ1) is 13.8. The van der Waals surface area contributed by atoms with Crippen LogP contribution >= 0.6 is 0 Å². The van der Waals surface area contributed by atoms with E-state index in [1.54, 1.807) is 5.20 Å². The van der Waals surface area contributed by atoms with Crippen molar-refractivity contribution in [3.8, 4) is 0 Å². The first-order valence-electron chi connectivity index (χ1n) is 7.74. The molecule has 1 saturated heterocycles. The quantitative estimate of drug-likeness (QED) is 0.697. The van der Waals surface area contributed by atoms with Gasteiger partial charge in [-0.2, -0.15) is 0 Å². The summed E-state index contributed by atoms with van der Waals surface area (Å²) >= 11 is 0. The van der Waals surface area contributed by atoms with Gasteiger partial charge < -0.3 is 4.43 Å². The maximum Gasteiger partial charge on any atom is 0.215 e. The molecule has 106 valence electrons. The van der Waals surface area contributed by atoms with E-state index in [2.05, 4.69) is 56.1 Å². The highest BCUT2D eigenvalue weighted by atomic mass is 28.4. The molecule has 0 bridgehead atoms. The fourth-order valence-corrected chi connectivity index (χ4v) is 7.27. The van der Waals surface area contributed by atoms with E-state index >= 15 is 0 Å². The average Bonchev–Trinajstić information content (AvgIpc) is 2.72. The summed E-state index contributed by atoms with van der Waals surface area (Å²) in [5.74, 6) is 0.638. The van der Waals surface area contributed by atoms with Crippen LogP contribution in [0.15, 0.2) is 48.2 Å². The van der Waals surface area contributed by atoms with E-state index < -0.39 is 8.32 Å². The lowest BCUT2D eigenvalue weighted by molar-refractivity contribution is 0.139. The van der Waals surface area contributed by atoms with E-state index in [-0.39, 0.29) is 0 Å². The molecule has 2 unspecified atom stereocenters. The molecule has 1 aromatic rings. The van der Waals surface area contributed by atoms with Crippen molar-refractivity contribution in [3.63, 3.8) is 0 Å². The minimum Gasteiger partial charge on any atom is -0.410 e. The van der Waals surface area contributed by atoms with Crippen LogP contribution in [-0.2, 0) is 4.43 Å². The van der Waals surface area contributed by atoms with Crippen LogP contribution in [0.1, 0.15) is 31.2 Å². The van der Waals surface area contributed by atoms with Gasteiger partial charge in [-0.3, -0.25) is 0 Å². The van der Waals surface area contributed by atoms with Crippen molar-refractivity contribution in [2.75, 3.05) is 0 Å². The second-order valence-corrected chi connectivity index (χ2v) is 10.3. The number of hydrogen-bond acceptors (Lipinski definition) is 1. The molecule has 1 nitrogen and oxygen atoms in total. The molecule has 2 heteroatoms. The lowest BCUT2D eigenvalue weighted by Crippen LogP contribution is -2.29. The SMILES string of the molecule is C=C/C(=C1\C2CCCCC2O[Si]1(C)C)c1ccccc1. The van der Waals surface area contributed by atoms with Gasteiger partial charge in [0.05, 0.1) is 6.10 Å². The van der Waals surface area contributed by atoms with Crippen LogP contribution in [0.5, 0.6) is 0 Å². The second kappa shape index (κ2) is 5.34. The molecule has 20 heavy (non-hydrogen) atoms. The van der Waals surface area contributed by atoms with Gasteiger partial charge in [-0.05, 0) is 42.3 Å². The van der Waals surface area contributed by atoms with Gasteiger partial charge in [0.1, 0.15) is 0 Å². The Morgan fingerprint density at radius 3 is 2.60 bits per heavy atom. The van der Waals surface area contributed by atoms with Crippen molar-refractivity contribution in [2.24, 2.45) is 5.92 Å². The molecule has 0 spiro atoms. The van der Waals surface area contributed by atoms with Gasteiger partial charge in [0.2, 0.25) is 8.32 Å². The predicted octanol–water partition coefficient (Wildman–Crippen LogP) is 4.96. The average molecular weight is 284 g/mol. The lowest BCUT2D eigenvalue weighted by Gasteiger charge is -2.26. The first-order valence-corrected chi connectivity index (χ1v) is 10.6. The highest BCUT2D eigenvalue weighted by molar-refractivity contribution is 6.80. The number of rotatable bonds is 2. The molecule has 2 fully saturated rings. The van der Waals surface area contributed by atoms with Crippen LogP contribution < -0.4 is 0 Å². The minimum atomic E-state index is -1.76. The third kappa shape index (κ3) is 2.31. The van der Waals surface area contributed by atoms with Crippen LogP contribution in [0, 0.1) is 5.92 Å². The Bertz CT molecular complexity index is 530. The number of allylic oxidation sites excluding steroid dienone is 2. The maximum atomic E-state index is 6.50. The van der Waals surface area contributed by atoms with Gasteiger partial charge in [0.25, 0.3) is 0 Å². The molecule has 2 atom stereocenters. The Balaban J connectivity index is 2.12. The molecular formula is C18H24OSi. The van der Waals surface area contributed by atoms with E-state index in [9.17, 15) is 0 Å². The standard InChI is InChI=1S/C18H24OSi/c1-4-15(14-10-6-5-7-11-14)18-16-12-8-9-13-17(16)19-20(18,2)3/h4-7,10-11,16-17H,1,8-9,12-13H2,2-3H3/b18-15-. The van der Waals surface area contributed by atoms with Gasteiger partial charge in [-0.1, -0.05) is 55.8 Å². The molecule has 1 aliphatic heterocycles. The molecule has 3 rings (SSSR count). The van der Waals surface area contributed by atoms with Crippen LogP contribution in [-0.4, -0.2) is 14.4 Å². The fraction of sp³-hybridized carbons (Fsp3) is 0.444. The molecule has 0 aromatic heterocycles. The van der Waals surface area contributed by atoms with Crippen molar-refractivity contribution in [1.82, 2.24) is 0 Å². The normalized spacial score (nSPS) is 30.7. The Hall–Kier alpha value is -1.12. The number of fused-ring (bicyclic) bond motifs is 1. The Kier molecular flexibility index (Phi) is 3.70. The zero-order chi connectivity index (χ0) is 14.2. The third-order valence-electron chi connectivity index (χ3n) is 4.75. The van der Waals surface area contributed by atoms with E-state index in [1.165, 1.54) is 36.8 Å². The lowest BCUT2D eigenvalue weighted by atomic mass is 9.84. The minimum absolute atomic E-state index is 0.471. The molecule has 1 aromatic carbocycles. The zero-order valence-electron chi connectivity index (χ0n) is 12.6. The summed E-state index contributed by atoms with van der Waals surface area (Å²) in [5, 5.41) is 1.60. The Morgan fingerprint density at radius 2 is 1.90 bits per heavy atom. The van der Waals surface area contributed by atoms with Crippen molar-refractivity contribution >= 4 is 13.9 Å². The predicted molar refractivity (Wildman–Crippen MR) is 87.9 cm³/mol. The Morgan fingerprint density at radius 1 is 1.20 bits per heavy atom. The Labute approximate surface area is 123 Å². The molecule has 0 N–H and O–H groups in total. The monoisotopic (exact) mass is 284 g/mol. The highest BCUT2D eigenvalue weighted by Crippen LogP contribution is 2.47. The molecule has 0 amide bonds. The van der Waals surface area contributed by atoms with E-state index in [0.717, 1.165) is 0 Å². The van der Waals surface area contributed by atoms with Crippen LogP contribution in [0.3, 0.4) is 0 Å². The summed E-state index contributed by atoms with van der Waals surface area (Å²) in [5.41, 5.74) is 2.64. The molecule has 1 heterocycles. The topological polar surface area (TPSA) is 9.23 Å². The van der Waals surface area contributed by atoms with Gasteiger partial charge in [0.15, 0.2) is 0 Å². The van der Waals surface area contributed by atoms with E-state index in [1.807, 2.05) is 0 Å². The molecular weight excluding hydrogens is 260 g/mol. The van der Waals surface area contributed by atoms with E-state index in [4.69, 9.17) is 4.43 Å². The molecule has 0 radical (unpaired) electrons. The van der Waals surface area contributed by atoms with Crippen LogP contribution in [0.4, 0.5) is 0 Å². The zero-order valence-corrected chi connectivity index (χ0v) is 13.6. The van der Waals surface area contributed by atoms with Crippen molar-refractivity contribution < 1.29 is 4.43 Å². The second-order valence-electron chi connectivity index (χ2n) is 6.46. The third-order valence-corrected chi connectivity index (χ3v) is 7.58. The fourth-order valence-electron chi connectivity index (χ4n) is 3.98. The van der Waals surface area contributed by atoms with Gasteiger partial charge >= 0.3 is 0 Å². The molecule has 2 aliphatic rings. The summed E-state index contributed by atoms with van der Waals surface area (Å²) < 4.78 is 6.50. The summed E-state index contributed by atoms with van der Waals surface area (Å²) in [6.45, 7) is 8.80. The van der Waals surface area contributed by atoms with Crippen LogP contribution in [0.25, 0.3) is 5.57 Å². The maximum absolute atomic E-state index is 6.50. The van der Waals surface area contributed by atoms with Gasteiger partial charge in [-0.15, -0.1) is 0 Å². The number of hydrogen-bond donors (Lipinski definition) is 0. The number of benzene rings is 1. The summed E-state index contributed by atoms with van der Waals surface area (Å²) in [7, 11) is -1.76.